The first-order chi connectivity index (χ1) is 9.97. The molecule has 0 aliphatic heterocycles. The quantitative estimate of drug-likeness (QED) is 0.730. The Kier molecular flexibility index (Phi) is 7.58. The summed E-state index contributed by atoms with van der Waals surface area (Å²) in [6.07, 6.45) is 0. The molecule has 6 nitrogen and oxygen atoms in total. The number of hydrogen-bond acceptors (Lipinski definition) is 5. The summed E-state index contributed by atoms with van der Waals surface area (Å²) < 4.78 is 36.5. The summed E-state index contributed by atoms with van der Waals surface area (Å²) >= 11 is 6.00. The number of sulfonamides is 1. The molecule has 0 unspecified atom stereocenters. The lowest BCUT2D eigenvalue weighted by Gasteiger charge is -2.22. The van der Waals surface area contributed by atoms with Crippen molar-refractivity contribution in [2.45, 2.75) is 11.5 Å². The smallest absolute Gasteiger partial charge is 0.244 e. The van der Waals surface area contributed by atoms with Gasteiger partial charge in [0.1, 0.15) is 4.90 Å². The second-order valence-corrected chi connectivity index (χ2v) is 6.63. The monoisotopic (exact) mass is 337 g/mol. The minimum absolute atomic E-state index is 0.0251. The molecule has 8 heteroatoms. The van der Waals surface area contributed by atoms with Gasteiger partial charge in [-0.25, -0.2) is 8.42 Å². The highest BCUT2D eigenvalue weighted by Gasteiger charge is 2.26. The molecule has 0 radical (unpaired) electrons. The molecule has 0 saturated heterocycles. The Hall–Kier alpha value is -0.700. The van der Waals surface area contributed by atoms with E-state index in [0.717, 1.165) is 0 Å². The summed E-state index contributed by atoms with van der Waals surface area (Å²) in [6.45, 7) is 0.667. The van der Waals surface area contributed by atoms with Crippen LogP contribution in [0.4, 0.5) is 0 Å². The Morgan fingerprint density at radius 1 is 1.19 bits per heavy atom. The maximum atomic E-state index is 12.7. The van der Waals surface area contributed by atoms with E-state index in [2.05, 4.69) is 0 Å². The van der Waals surface area contributed by atoms with Crippen LogP contribution in [-0.4, -0.2) is 58.4 Å². The molecule has 1 rings (SSSR count). The number of ether oxygens (including phenoxy) is 2. The van der Waals surface area contributed by atoms with Crippen LogP contribution in [0.1, 0.15) is 5.56 Å². The van der Waals surface area contributed by atoms with Gasteiger partial charge in [-0.3, -0.25) is 0 Å². The van der Waals surface area contributed by atoms with E-state index in [1.807, 2.05) is 0 Å². The highest BCUT2D eigenvalue weighted by atomic mass is 35.5. The Bertz CT molecular complexity index is 541. The van der Waals surface area contributed by atoms with E-state index in [4.69, 9.17) is 26.2 Å². The zero-order chi connectivity index (χ0) is 15.9. The summed E-state index contributed by atoms with van der Waals surface area (Å²) in [5, 5.41) is 9.27. The number of aliphatic hydroxyl groups excluding tert-OH is 1. The first kappa shape index (κ1) is 18.3. The zero-order valence-corrected chi connectivity index (χ0v) is 13.7. The number of rotatable bonds is 9. The van der Waals surface area contributed by atoms with Crippen molar-refractivity contribution in [3.05, 3.63) is 28.8 Å². The molecular weight excluding hydrogens is 318 g/mol. The fourth-order valence-electron chi connectivity index (χ4n) is 1.72. The van der Waals surface area contributed by atoms with Crippen molar-refractivity contribution in [1.82, 2.24) is 4.31 Å². The summed E-state index contributed by atoms with van der Waals surface area (Å²) in [7, 11) is -0.778. The highest BCUT2D eigenvalue weighted by Crippen LogP contribution is 2.26. The molecule has 0 spiro atoms. The minimum atomic E-state index is -3.78. The third-order valence-electron chi connectivity index (χ3n) is 2.89. The lowest BCUT2D eigenvalue weighted by atomic mass is 10.2. The molecule has 0 aliphatic rings. The molecule has 120 valence electrons. The largest absolute Gasteiger partial charge is 0.392 e. The van der Waals surface area contributed by atoms with Gasteiger partial charge in [-0.1, -0.05) is 17.7 Å². The van der Waals surface area contributed by atoms with Gasteiger partial charge < -0.3 is 14.6 Å². The molecule has 21 heavy (non-hydrogen) atoms. The number of aliphatic hydroxyl groups is 1. The van der Waals surface area contributed by atoms with Crippen LogP contribution in [0.15, 0.2) is 23.1 Å². The second-order valence-electron chi connectivity index (χ2n) is 4.31. The molecule has 0 fully saturated rings. The molecule has 0 heterocycles. The Labute approximate surface area is 130 Å². The molecule has 0 saturated carbocycles. The fraction of sp³-hybridized carbons (Fsp3) is 0.538. The summed E-state index contributed by atoms with van der Waals surface area (Å²) in [4.78, 5) is -0.0251. The van der Waals surface area contributed by atoms with Crippen molar-refractivity contribution in [2.24, 2.45) is 0 Å². The molecular formula is C13H20ClNO5S. The van der Waals surface area contributed by atoms with Gasteiger partial charge in [-0.2, -0.15) is 4.31 Å². The summed E-state index contributed by atoms with van der Waals surface area (Å²) in [6, 6.07) is 4.42. The fourth-order valence-corrected chi connectivity index (χ4v) is 3.65. The molecule has 1 aromatic rings. The van der Waals surface area contributed by atoms with Gasteiger partial charge in [0.15, 0.2) is 0 Å². The Morgan fingerprint density at radius 3 is 2.24 bits per heavy atom. The standard InChI is InChI=1S/C13H20ClNO5S/c1-19-7-5-15(6-8-20-2)21(17,18)13-9-11(10-16)3-4-12(13)14/h3-4,9,16H,5-8,10H2,1-2H3. The highest BCUT2D eigenvalue weighted by molar-refractivity contribution is 7.89. The molecule has 0 bridgehead atoms. The first-order valence-corrected chi connectivity index (χ1v) is 8.16. The van der Waals surface area contributed by atoms with E-state index in [0.29, 0.717) is 5.56 Å². The van der Waals surface area contributed by atoms with Crippen molar-refractivity contribution in [3.8, 4) is 0 Å². The van der Waals surface area contributed by atoms with Crippen LogP contribution >= 0.6 is 11.6 Å². The van der Waals surface area contributed by atoms with E-state index >= 15 is 0 Å². The molecule has 0 amide bonds. The topological polar surface area (TPSA) is 76.1 Å². The molecule has 1 N–H and O–H groups in total. The van der Waals surface area contributed by atoms with Crippen LogP contribution in [0.25, 0.3) is 0 Å². The van der Waals surface area contributed by atoms with Crippen LogP contribution in [0.2, 0.25) is 5.02 Å². The van der Waals surface area contributed by atoms with Crippen molar-refractivity contribution in [1.29, 1.82) is 0 Å². The SMILES string of the molecule is COCCN(CCOC)S(=O)(=O)c1cc(CO)ccc1Cl. The molecule has 0 atom stereocenters. The molecule has 0 aliphatic carbocycles. The lowest BCUT2D eigenvalue weighted by molar-refractivity contribution is 0.150. The van der Waals surface area contributed by atoms with Crippen molar-refractivity contribution >= 4 is 21.6 Å². The van der Waals surface area contributed by atoms with Crippen molar-refractivity contribution in [2.75, 3.05) is 40.5 Å². The average molecular weight is 338 g/mol. The van der Waals surface area contributed by atoms with Crippen LogP contribution in [0, 0.1) is 0 Å². The Balaban J connectivity index is 3.14. The van der Waals surface area contributed by atoms with E-state index in [1.54, 1.807) is 6.07 Å². The van der Waals surface area contributed by atoms with E-state index < -0.39 is 10.0 Å². The van der Waals surface area contributed by atoms with Crippen LogP contribution < -0.4 is 0 Å². The lowest BCUT2D eigenvalue weighted by Crippen LogP contribution is -2.36. The van der Waals surface area contributed by atoms with Crippen LogP contribution in [0.5, 0.6) is 0 Å². The van der Waals surface area contributed by atoms with Gasteiger partial charge >= 0.3 is 0 Å². The van der Waals surface area contributed by atoms with Crippen LogP contribution in [0.3, 0.4) is 0 Å². The number of benzene rings is 1. The van der Waals surface area contributed by atoms with Gasteiger partial charge in [0.05, 0.1) is 24.8 Å². The van der Waals surface area contributed by atoms with Gasteiger partial charge in [0.25, 0.3) is 0 Å². The molecule has 0 aromatic heterocycles. The first-order valence-electron chi connectivity index (χ1n) is 6.34. The maximum absolute atomic E-state index is 12.7. The maximum Gasteiger partial charge on any atom is 0.244 e. The number of hydrogen-bond donors (Lipinski definition) is 1. The van der Waals surface area contributed by atoms with Gasteiger partial charge in [0, 0.05) is 27.3 Å². The minimum Gasteiger partial charge on any atom is -0.392 e. The van der Waals surface area contributed by atoms with E-state index in [1.165, 1.54) is 30.7 Å². The van der Waals surface area contributed by atoms with E-state index in [-0.39, 0.29) is 42.8 Å². The summed E-state index contributed by atoms with van der Waals surface area (Å²) in [5.41, 5.74) is 0.483. The normalized spacial score (nSPS) is 12.0. The van der Waals surface area contributed by atoms with Gasteiger partial charge in [0.2, 0.25) is 10.0 Å². The van der Waals surface area contributed by atoms with Gasteiger partial charge in [-0.15, -0.1) is 0 Å². The average Bonchev–Trinajstić information content (AvgIpc) is 2.47. The third-order valence-corrected chi connectivity index (χ3v) is 5.27. The Morgan fingerprint density at radius 2 is 1.76 bits per heavy atom. The van der Waals surface area contributed by atoms with Gasteiger partial charge in [-0.05, 0) is 17.7 Å². The summed E-state index contributed by atoms with van der Waals surface area (Å²) in [5.74, 6) is 0. The van der Waals surface area contributed by atoms with Crippen molar-refractivity contribution in [3.63, 3.8) is 0 Å². The third kappa shape index (κ3) is 4.91. The van der Waals surface area contributed by atoms with Crippen molar-refractivity contribution < 1.29 is 23.0 Å². The van der Waals surface area contributed by atoms with E-state index in [9.17, 15) is 8.42 Å². The van der Waals surface area contributed by atoms with Crippen LogP contribution in [-0.2, 0) is 26.1 Å². The number of nitrogens with zero attached hydrogens (tertiary/aromatic N) is 1. The predicted octanol–water partition coefficient (Wildman–Crippen LogP) is 1.12. The molecule has 1 aromatic carbocycles. The second kappa shape index (κ2) is 8.67. The number of methoxy groups -OCH3 is 2. The predicted molar refractivity (Wildman–Crippen MR) is 79.9 cm³/mol. The number of halogens is 1. The zero-order valence-electron chi connectivity index (χ0n) is 12.1.